The van der Waals surface area contributed by atoms with Crippen LogP contribution in [-0.2, 0) is 4.79 Å². The number of nitrogens with one attached hydrogen (secondary N) is 2. The third-order valence-corrected chi connectivity index (χ3v) is 3.12. The van der Waals surface area contributed by atoms with Crippen molar-refractivity contribution in [2.75, 3.05) is 26.0 Å². The van der Waals surface area contributed by atoms with E-state index in [1.807, 2.05) is 13.8 Å². The van der Waals surface area contributed by atoms with Gasteiger partial charge in [-0.1, -0.05) is 25.4 Å². The third-order valence-electron chi connectivity index (χ3n) is 2.79. The van der Waals surface area contributed by atoms with Crippen LogP contribution in [0.1, 0.15) is 30.6 Å². The summed E-state index contributed by atoms with van der Waals surface area (Å²) >= 11 is 6.02. The molecule has 0 saturated carbocycles. The van der Waals surface area contributed by atoms with E-state index in [1.165, 1.54) is 4.90 Å². The molecule has 0 aromatic heterocycles. The van der Waals surface area contributed by atoms with E-state index in [1.54, 1.807) is 32.3 Å². The van der Waals surface area contributed by atoms with Gasteiger partial charge < -0.3 is 15.5 Å². The molecule has 2 N–H and O–H groups in total. The summed E-state index contributed by atoms with van der Waals surface area (Å²) in [7, 11) is 3.31. The molecule has 0 spiro atoms. The van der Waals surface area contributed by atoms with Crippen molar-refractivity contribution in [3.8, 4) is 0 Å². The predicted molar refractivity (Wildman–Crippen MR) is 85.9 cm³/mol. The maximum Gasteiger partial charge on any atom is 0.254 e. The van der Waals surface area contributed by atoms with E-state index in [0.717, 1.165) is 0 Å². The van der Waals surface area contributed by atoms with Crippen molar-refractivity contribution in [1.29, 1.82) is 0 Å². The van der Waals surface area contributed by atoms with Crippen LogP contribution in [0.5, 0.6) is 0 Å². The number of halogens is 1. The molecule has 0 saturated heterocycles. The zero-order valence-electron chi connectivity index (χ0n) is 12.9. The summed E-state index contributed by atoms with van der Waals surface area (Å²) in [4.78, 5) is 25.2. The summed E-state index contributed by atoms with van der Waals surface area (Å²) in [6.45, 7) is 4.66. The molecule has 6 heteroatoms. The Hall–Kier alpha value is -1.59. The number of amides is 2. The van der Waals surface area contributed by atoms with Crippen LogP contribution in [0, 0.1) is 0 Å². The molecule has 0 unspecified atom stereocenters. The first-order valence-corrected chi connectivity index (χ1v) is 7.23. The highest BCUT2D eigenvalue weighted by molar-refractivity contribution is 6.34. The van der Waals surface area contributed by atoms with Crippen molar-refractivity contribution in [1.82, 2.24) is 10.2 Å². The molecule has 1 aromatic carbocycles. The Labute approximate surface area is 130 Å². The Kier molecular flexibility index (Phi) is 6.65. The minimum atomic E-state index is -0.197. The second kappa shape index (κ2) is 8.00. The van der Waals surface area contributed by atoms with Gasteiger partial charge in [0.05, 0.1) is 10.6 Å². The summed E-state index contributed by atoms with van der Waals surface area (Å²) in [5, 5.41) is 6.31. The van der Waals surface area contributed by atoms with Crippen molar-refractivity contribution in [2.24, 2.45) is 0 Å². The molecule has 0 radical (unpaired) electrons. The molecule has 0 fully saturated rings. The van der Waals surface area contributed by atoms with E-state index in [-0.39, 0.29) is 11.8 Å². The summed E-state index contributed by atoms with van der Waals surface area (Å²) < 4.78 is 0. The predicted octanol–water partition coefficient (Wildman–Crippen LogP) is 2.37. The molecular formula is C15H22ClN3O2. The molecule has 21 heavy (non-hydrogen) atoms. The van der Waals surface area contributed by atoms with E-state index in [0.29, 0.717) is 35.3 Å². The average molecular weight is 312 g/mol. The molecule has 0 aliphatic carbocycles. The first kappa shape index (κ1) is 17.5. The number of hydrogen-bond acceptors (Lipinski definition) is 3. The van der Waals surface area contributed by atoms with Crippen molar-refractivity contribution in [3.63, 3.8) is 0 Å². The van der Waals surface area contributed by atoms with Crippen molar-refractivity contribution in [2.45, 2.75) is 26.3 Å². The SMILES string of the molecule is CC(C)NCCC(=O)Nc1ccc(Cl)c(C(=O)N(C)C)c1. The van der Waals surface area contributed by atoms with E-state index >= 15 is 0 Å². The lowest BCUT2D eigenvalue weighted by Crippen LogP contribution is -2.27. The molecule has 0 heterocycles. The van der Waals surface area contributed by atoms with Crippen LogP contribution < -0.4 is 10.6 Å². The maximum absolute atomic E-state index is 12.0. The Bertz CT molecular complexity index is 516. The Morgan fingerprint density at radius 1 is 1.29 bits per heavy atom. The molecule has 2 amide bonds. The van der Waals surface area contributed by atoms with Crippen LogP contribution >= 0.6 is 11.6 Å². The first-order valence-electron chi connectivity index (χ1n) is 6.85. The van der Waals surface area contributed by atoms with Gasteiger partial charge in [-0.25, -0.2) is 0 Å². The number of hydrogen-bond donors (Lipinski definition) is 2. The lowest BCUT2D eigenvalue weighted by molar-refractivity contribution is -0.116. The smallest absolute Gasteiger partial charge is 0.254 e. The van der Waals surface area contributed by atoms with Gasteiger partial charge in [-0.3, -0.25) is 9.59 Å². The summed E-state index contributed by atoms with van der Waals surface area (Å²) in [5.41, 5.74) is 0.943. The number of carbonyl (C=O) groups excluding carboxylic acids is 2. The van der Waals surface area contributed by atoms with Crippen molar-refractivity contribution >= 4 is 29.1 Å². The van der Waals surface area contributed by atoms with Gasteiger partial charge in [0, 0.05) is 38.8 Å². The van der Waals surface area contributed by atoms with Gasteiger partial charge in [0.25, 0.3) is 5.91 Å². The summed E-state index contributed by atoms with van der Waals surface area (Å²) in [6, 6.07) is 5.24. The molecule has 5 nitrogen and oxygen atoms in total. The van der Waals surface area contributed by atoms with E-state index < -0.39 is 0 Å². The zero-order valence-corrected chi connectivity index (χ0v) is 13.6. The number of nitrogens with zero attached hydrogens (tertiary/aromatic N) is 1. The molecule has 0 aliphatic rings. The standard InChI is InChI=1S/C15H22ClN3O2/c1-10(2)17-8-7-14(20)18-11-5-6-13(16)12(9-11)15(21)19(3)4/h5-6,9-10,17H,7-8H2,1-4H3,(H,18,20). The zero-order chi connectivity index (χ0) is 16.0. The van der Waals surface area contributed by atoms with Crippen LogP contribution in [-0.4, -0.2) is 43.4 Å². The van der Waals surface area contributed by atoms with Crippen LogP contribution in [0.3, 0.4) is 0 Å². The normalized spacial score (nSPS) is 10.6. The van der Waals surface area contributed by atoms with Crippen molar-refractivity contribution in [3.05, 3.63) is 28.8 Å². The lowest BCUT2D eigenvalue weighted by Gasteiger charge is -2.13. The summed E-state index contributed by atoms with van der Waals surface area (Å²) in [6.07, 6.45) is 0.373. The fraction of sp³-hybridized carbons (Fsp3) is 0.467. The van der Waals surface area contributed by atoms with E-state index in [9.17, 15) is 9.59 Å². The highest BCUT2D eigenvalue weighted by Gasteiger charge is 2.14. The molecule has 116 valence electrons. The first-order chi connectivity index (χ1) is 9.81. The largest absolute Gasteiger partial charge is 0.345 e. The van der Waals surface area contributed by atoms with E-state index in [2.05, 4.69) is 10.6 Å². The van der Waals surface area contributed by atoms with Gasteiger partial charge in [-0.15, -0.1) is 0 Å². The van der Waals surface area contributed by atoms with Gasteiger partial charge in [-0.2, -0.15) is 0 Å². The molecule has 1 rings (SSSR count). The van der Waals surface area contributed by atoms with Crippen LogP contribution in [0.15, 0.2) is 18.2 Å². The fourth-order valence-electron chi connectivity index (χ4n) is 1.71. The minimum Gasteiger partial charge on any atom is -0.345 e. The van der Waals surface area contributed by atoms with Crippen LogP contribution in [0.25, 0.3) is 0 Å². The number of rotatable bonds is 6. The summed E-state index contributed by atoms with van der Waals surface area (Å²) in [5.74, 6) is -0.300. The second-order valence-corrected chi connectivity index (χ2v) is 5.71. The quantitative estimate of drug-likeness (QED) is 0.848. The van der Waals surface area contributed by atoms with Crippen molar-refractivity contribution < 1.29 is 9.59 Å². The number of anilines is 1. The number of benzene rings is 1. The molecule has 0 atom stereocenters. The van der Waals surface area contributed by atoms with Crippen LogP contribution in [0.2, 0.25) is 5.02 Å². The lowest BCUT2D eigenvalue weighted by atomic mass is 10.1. The second-order valence-electron chi connectivity index (χ2n) is 5.30. The average Bonchev–Trinajstić information content (AvgIpc) is 2.39. The molecular weight excluding hydrogens is 290 g/mol. The fourth-order valence-corrected chi connectivity index (χ4v) is 1.90. The third kappa shape index (κ3) is 5.73. The topological polar surface area (TPSA) is 61.4 Å². The minimum absolute atomic E-state index is 0.103. The molecule has 1 aromatic rings. The van der Waals surface area contributed by atoms with Gasteiger partial charge in [0.1, 0.15) is 0 Å². The monoisotopic (exact) mass is 311 g/mol. The van der Waals surface area contributed by atoms with Gasteiger partial charge >= 0.3 is 0 Å². The van der Waals surface area contributed by atoms with Gasteiger partial charge in [0.15, 0.2) is 0 Å². The Balaban J connectivity index is 2.70. The number of carbonyl (C=O) groups is 2. The Morgan fingerprint density at radius 3 is 2.52 bits per heavy atom. The Morgan fingerprint density at radius 2 is 1.95 bits per heavy atom. The van der Waals surface area contributed by atoms with Crippen LogP contribution in [0.4, 0.5) is 5.69 Å². The molecule has 0 bridgehead atoms. The highest BCUT2D eigenvalue weighted by atomic mass is 35.5. The maximum atomic E-state index is 12.0. The molecule has 0 aliphatic heterocycles. The van der Waals surface area contributed by atoms with Gasteiger partial charge in [-0.05, 0) is 18.2 Å². The van der Waals surface area contributed by atoms with Gasteiger partial charge in [0.2, 0.25) is 5.91 Å². The highest BCUT2D eigenvalue weighted by Crippen LogP contribution is 2.21. The van der Waals surface area contributed by atoms with E-state index in [4.69, 9.17) is 11.6 Å².